The van der Waals surface area contributed by atoms with Crippen LogP contribution in [0.5, 0.6) is 0 Å². The summed E-state index contributed by atoms with van der Waals surface area (Å²) in [4.78, 5) is 29.5. The summed E-state index contributed by atoms with van der Waals surface area (Å²) in [5, 5.41) is 5.12. The lowest BCUT2D eigenvalue weighted by molar-refractivity contribution is 0.0619. The second kappa shape index (κ2) is 8.81. The molecule has 0 saturated carbocycles. The van der Waals surface area contributed by atoms with Crippen LogP contribution >= 0.6 is 11.6 Å². The van der Waals surface area contributed by atoms with Gasteiger partial charge >= 0.3 is 0 Å². The van der Waals surface area contributed by atoms with E-state index in [0.717, 1.165) is 30.3 Å². The number of rotatable bonds is 4. The van der Waals surface area contributed by atoms with Gasteiger partial charge in [0.1, 0.15) is 0 Å². The predicted octanol–water partition coefficient (Wildman–Crippen LogP) is 3.15. The van der Waals surface area contributed by atoms with Crippen LogP contribution in [-0.4, -0.2) is 51.7 Å². The van der Waals surface area contributed by atoms with E-state index in [-0.39, 0.29) is 17.0 Å². The number of carbonyl (C=O) groups excluding carboxylic acids is 1. The van der Waals surface area contributed by atoms with Crippen molar-refractivity contribution in [1.82, 2.24) is 19.6 Å². The number of aryl methyl sites for hydroxylation is 1. The standard InChI is InChI=1S/C23H23ClN4O2/c1-17-15-21(29)22(25-28(17)20-5-3-2-4-6-20)23(30)27-13-11-26(12-14-27)16-18-7-9-19(24)10-8-18/h2-10,15H,11-14,16H2,1H3. The van der Waals surface area contributed by atoms with E-state index in [1.807, 2.05) is 61.5 Å². The van der Waals surface area contributed by atoms with Crippen molar-refractivity contribution < 1.29 is 4.79 Å². The summed E-state index contributed by atoms with van der Waals surface area (Å²) in [6, 6.07) is 18.8. The maximum atomic E-state index is 13.0. The van der Waals surface area contributed by atoms with Gasteiger partial charge in [-0.15, -0.1) is 0 Å². The minimum atomic E-state index is -0.340. The SMILES string of the molecule is Cc1cc(=O)c(C(=O)N2CCN(Cc3ccc(Cl)cc3)CC2)nn1-c1ccccc1. The van der Waals surface area contributed by atoms with E-state index in [1.165, 1.54) is 11.6 Å². The Balaban J connectivity index is 1.46. The van der Waals surface area contributed by atoms with Gasteiger partial charge in [-0.1, -0.05) is 41.9 Å². The maximum absolute atomic E-state index is 13.0. The molecular formula is C23H23ClN4O2. The van der Waals surface area contributed by atoms with E-state index in [0.29, 0.717) is 18.8 Å². The fourth-order valence-corrected chi connectivity index (χ4v) is 3.76. The largest absolute Gasteiger partial charge is 0.335 e. The van der Waals surface area contributed by atoms with Crippen molar-refractivity contribution in [2.75, 3.05) is 26.2 Å². The van der Waals surface area contributed by atoms with Gasteiger partial charge in [0.05, 0.1) is 5.69 Å². The Morgan fingerprint density at radius 1 is 1.00 bits per heavy atom. The van der Waals surface area contributed by atoms with Gasteiger partial charge in [-0.25, -0.2) is 4.68 Å². The highest BCUT2D eigenvalue weighted by Gasteiger charge is 2.25. The van der Waals surface area contributed by atoms with Crippen LogP contribution in [-0.2, 0) is 6.54 Å². The van der Waals surface area contributed by atoms with E-state index < -0.39 is 0 Å². The molecule has 0 aliphatic carbocycles. The summed E-state index contributed by atoms with van der Waals surface area (Å²) < 4.78 is 1.64. The normalized spacial score (nSPS) is 14.7. The second-order valence-electron chi connectivity index (χ2n) is 7.44. The highest BCUT2D eigenvalue weighted by Crippen LogP contribution is 2.14. The summed E-state index contributed by atoms with van der Waals surface area (Å²) >= 11 is 5.95. The van der Waals surface area contributed by atoms with Crippen molar-refractivity contribution in [1.29, 1.82) is 0 Å². The lowest BCUT2D eigenvalue weighted by atomic mass is 10.2. The Labute approximate surface area is 180 Å². The van der Waals surface area contributed by atoms with Gasteiger partial charge < -0.3 is 4.90 Å². The molecule has 7 heteroatoms. The van der Waals surface area contributed by atoms with Crippen molar-refractivity contribution in [3.63, 3.8) is 0 Å². The van der Waals surface area contributed by atoms with Crippen molar-refractivity contribution in [2.24, 2.45) is 0 Å². The number of aromatic nitrogens is 2. The lowest BCUT2D eigenvalue weighted by Crippen LogP contribution is -2.49. The second-order valence-corrected chi connectivity index (χ2v) is 7.88. The number of para-hydroxylation sites is 1. The van der Waals surface area contributed by atoms with Gasteiger partial charge in [-0.2, -0.15) is 5.10 Å². The molecule has 1 saturated heterocycles. The fraction of sp³-hybridized carbons (Fsp3) is 0.261. The molecule has 154 valence electrons. The molecule has 0 atom stereocenters. The fourth-order valence-electron chi connectivity index (χ4n) is 3.63. The molecule has 1 fully saturated rings. The Morgan fingerprint density at radius 3 is 2.33 bits per heavy atom. The Bertz CT molecular complexity index is 1090. The Morgan fingerprint density at radius 2 is 1.67 bits per heavy atom. The maximum Gasteiger partial charge on any atom is 0.278 e. The van der Waals surface area contributed by atoms with Crippen LogP contribution in [0.1, 0.15) is 21.7 Å². The van der Waals surface area contributed by atoms with Gasteiger partial charge in [0.15, 0.2) is 5.69 Å². The van der Waals surface area contributed by atoms with Crippen molar-refractivity contribution in [3.8, 4) is 5.69 Å². The molecule has 1 aliphatic rings. The first-order chi connectivity index (χ1) is 14.5. The van der Waals surface area contributed by atoms with Crippen LogP contribution in [0.25, 0.3) is 5.69 Å². The molecular weight excluding hydrogens is 400 g/mol. The molecule has 30 heavy (non-hydrogen) atoms. The minimum absolute atomic E-state index is 0.0318. The van der Waals surface area contributed by atoms with Crippen molar-refractivity contribution in [2.45, 2.75) is 13.5 Å². The summed E-state index contributed by atoms with van der Waals surface area (Å²) in [6.07, 6.45) is 0. The number of carbonyl (C=O) groups is 1. The van der Waals surface area contributed by atoms with E-state index in [1.54, 1.807) is 9.58 Å². The summed E-state index contributed by atoms with van der Waals surface area (Å²) in [5.74, 6) is -0.309. The van der Waals surface area contributed by atoms with Gasteiger partial charge in [-0.05, 0) is 36.8 Å². The molecule has 4 rings (SSSR count). The predicted molar refractivity (Wildman–Crippen MR) is 117 cm³/mol. The molecule has 0 unspecified atom stereocenters. The summed E-state index contributed by atoms with van der Waals surface area (Å²) in [6.45, 7) is 5.23. The number of hydrogen-bond donors (Lipinski definition) is 0. The summed E-state index contributed by atoms with van der Waals surface area (Å²) in [5.41, 5.74) is 2.32. The first kappa shape index (κ1) is 20.3. The smallest absolute Gasteiger partial charge is 0.278 e. The van der Waals surface area contributed by atoms with Crippen LogP contribution in [0.4, 0.5) is 0 Å². The summed E-state index contributed by atoms with van der Waals surface area (Å²) in [7, 11) is 0. The monoisotopic (exact) mass is 422 g/mol. The van der Waals surface area contributed by atoms with Crippen molar-refractivity contribution >= 4 is 17.5 Å². The average molecular weight is 423 g/mol. The third kappa shape index (κ3) is 4.45. The van der Waals surface area contributed by atoms with E-state index in [2.05, 4.69) is 10.00 Å². The van der Waals surface area contributed by atoms with Crippen LogP contribution in [0.2, 0.25) is 5.02 Å². The lowest BCUT2D eigenvalue weighted by Gasteiger charge is -2.34. The molecule has 2 heterocycles. The van der Waals surface area contributed by atoms with E-state index >= 15 is 0 Å². The van der Waals surface area contributed by atoms with Crippen LogP contribution < -0.4 is 5.43 Å². The third-order valence-corrected chi connectivity index (χ3v) is 5.54. The molecule has 1 amide bonds. The van der Waals surface area contributed by atoms with Crippen molar-refractivity contribution in [3.05, 3.63) is 92.9 Å². The van der Waals surface area contributed by atoms with Crippen LogP contribution in [0, 0.1) is 6.92 Å². The zero-order valence-corrected chi connectivity index (χ0v) is 17.5. The number of halogens is 1. The van der Waals surface area contributed by atoms with Gasteiger partial charge in [0.2, 0.25) is 5.43 Å². The molecule has 3 aromatic rings. The third-order valence-electron chi connectivity index (χ3n) is 5.29. The van der Waals surface area contributed by atoms with Crippen LogP contribution in [0.15, 0.2) is 65.5 Å². The number of piperazine rings is 1. The zero-order chi connectivity index (χ0) is 21.1. The molecule has 0 radical (unpaired) electrons. The quantitative estimate of drug-likeness (QED) is 0.648. The number of hydrogen-bond acceptors (Lipinski definition) is 4. The Hall–Kier alpha value is -2.96. The highest BCUT2D eigenvalue weighted by atomic mass is 35.5. The van der Waals surface area contributed by atoms with Crippen LogP contribution in [0.3, 0.4) is 0 Å². The first-order valence-corrected chi connectivity index (χ1v) is 10.3. The first-order valence-electron chi connectivity index (χ1n) is 9.94. The zero-order valence-electron chi connectivity index (χ0n) is 16.8. The average Bonchev–Trinajstić information content (AvgIpc) is 2.76. The number of nitrogens with zero attached hydrogens (tertiary/aromatic N) is 4. The molecule has 0 spiro atoms. The molecule has 1 aromatic heterocycles. The van der Waals surface area contributed by atoms with E-state index in [4.69, 9.17) is 11.6 Å². The van der Waals surface area contributed by atoms with E-state index in [9.17, 15) is 9.59 Å². The highest BCUT2D eigenvalue weighted by molar-refractivity contribution is 6.30. The topological polar surface area (TPSA) is 58.4 Å². The van der Waals surface area contributed by atoms with Gasteiger partial charge in [-0.3, -0.25) is 14.5 Å². The minimum Gasteiger partial charge on any atom is -0.335 e. The Kier molecular flexibility index (Phi) is 5.97. The van der Waals surface area contributed by atoms with Gasteiger partial charge in [0, 0.05) is 49.5 Å². The molecule has 0 bridgehead atoms. The number of amides is 1. The molecule has 0 N–H and O–H groups in total. The molecule has 2 aromatic carbocycles. The van der Waals surface area contributed by atoms with Gasteiger partial charge in [0.25, 0.3) is 5.91 Å². The number of benzene rings is 2. The molecule has 6 nitrogen and oxygen atoms in total. The molecule has 1 aliphatic heterocycles.